The molecule has 8 heteroatoms. The Morgan fingerprint density at radius 3 is 2.79 bits per heavy atom. The third-order valence-corrected chi connectivity index (χ3v) is 2.73. The Morgan fingerprint density at radius 1 is 1.53 bits per heavy atom. The van der Waals surface area contributed by atoms with Gasteiger partial charge in [0, 0.05) is 6.20 Å². The second-order valence-electron chi connectivity index (χ2n) is 3.58. The smallest absolute Gasteiger partial charge is 0.419 e. The number of imidazole rings is 1. The maximum Gasteiger partial charge on any atom is 0.419 e. The van der Waals surface area contributed by atoms with Gasteiger partial charge in [-0.3, -0.25) is 4.40 Å². The summed E-state index contributed by atoms with van der Waals surface area (Å²) in [4.78, 5) is 15.2. The molecule has 2 rings (SSSR count). The van der Waals surface area contributed by atoms with Gasteiger partial charge in [0.05, 0.1) is 12.2 Å². The van der Waals surface area contributed by atoms with E-state index in [1.54, 1.807) is 6.92 Å². The van der Waals surface area contributed by atoms with E-state index in [2.05, 4.69) is 9.72 Å². The quantitative estimate of drug-likeness (QED) is 0.799. The molecular weight excluding hydrogens is 285 g/mol. The molecule has 0 radical (unpaired) electrons. The van der Waals surface area contributed by atoms with Gasteiger partial charge >= 0.3 is 12.1 Å². The average molecular weight is 293 g/mol. The zero-order chi connectivity index (χ0) is 14.2. The summed E-state index contributed by atoms with van der Waals surface area (Å²) in [6, 6.07) is 2.05. The molecule has 4 nitrogen and oxygen atoms in total. The van der Waals surface area contributed by atoms with Crippen LogP contribution in [0, 0.1) is 0 Å². The van der Waals surface area contributed by atoms with Crippen LogP contribution >= 0.6 is 11.6 Å². The van der Waals surface area contributed by atoms with Gasteiger partial charge in [0.2, 0.25) is 0 Å². The number of fused-ring (bicyclic) bond motifs is 1. The third kappa shape index (κ3) is 2.37. The normalized spacial score (nSPS) is 11.8. The van der Waals surface area contributed by atoms with Gasteiger partial charge in [-0.05, 0) is 19.1 Å². The van der Waals surface area contributed by atoms with Gasteiger partial charge in [-0.1, -0.05) is 11.6 Å². The van der Waals surface area contributed by atoms with Gasteiger partial charge in [0.15, 0.2) is 11.3 Å². The lowest BCUT2D eigenvalue weighted by Gasteiger charge is -2.07. The van der Waals surface area contributed by atoms with E-state index in [0.29, 0.717) is 0 Å². The zero-order valence-corrected chi connectivity index (χ0v) is 10.4. The van der Waals surface area contributed by atoms with Crippen LogP contribution in [0.1, 0.15) is 23.0 Å². The molecule has 2 aromatic rings. The number of pyridine rings is 1. The van der Waals surface area contributed by atoms with Crippen LogP contribution in [0.15, 0.2) is 18.3 Å². The van der Waals surface area contributed by atoms with Crippen molar-refractivity contribution in [1.82, 2.24) is 9.38 Å². The molecule has 102 valence electrons. The highest BCUT2D eigenvalue weighted by Gasteiger charge is 2.35. The van der Waals surface area contributed by atoms with Gasteiger partial charge in [-0.15, -0.1) is 0 Å². The molecule has 0 N–H and O–H groups in total. The van der Waals surface area contributed by atoms with E-state index in [9.17, 15) is 18.0 Å². The molecule has 0 fully saturated rings. The first kappa shape index (κ1) is 13.7. The summed E-state index contributed by atoms with van der Waals surface area (Å²) in [5, 5.41) is -0.209. The summed E-state index contributed by atoms with van der Waals surface area (Å²) in [7, 11) is 0. The van der Waals surface area contributed by atoms with Crippen LogP contribution < -0.4 is 0 Å². The summed E-state index contributed by atoms with van der Waals surface area (Å²) >= 11 is 5.84. The number of rotatable bonds is 2. The van der Waals surface area contributed by atoms with E-state index in [0.717, 1.165) is 10.5 Å². The number of hydrogen-bond donors (Lipinski definition) is 0. The number of carbonyl (C=O) groups excluding carboxylic acids is 1. The Morgan fingerprint density at radius 2 is 2.21 bits per heavy atom. The molecule has 0 saturated heterocycles. The largest absolute Gasteiger partial charge is 0.461 e. The Bertz CT molecular complexity index is 637. The first-order valence-corrected chi connectivity index (χ1v) is 5.65. The van der Waals surface area contributed by atoms with Gasteiger partial charge in [-0.25, -0.2) is 9.78 Å². The van der Waals surface area contributed by atoms with E-state index in [1.165, 1.54) is 12.3 Å². The molecule has 0 aliphatic rings. The van der Waals surface area contributed by atoms with E-state index in [-0.39, 0.29) is 17.5 Å². The van der Waals surface area contributed by atoms with Crippen molar-refractivity contribution in [2.45, 2.75) is 13.1 Å². The number of carbonyl (C=O) groups is 1. The molecule has 19 heavy (non-hydrogen) atoms. The lowest BCUT2D eigenvalue weighted by Crippen LogP contribution is -2.07. The monoisotopic (exact) mass is 292 g/mol. The van der Waals surface area contributed by atoms with Crippen molar-refractivity contribution in [1.29, 1.82) is 0 Å². The summed E-state index contributed by atoms with van der Waals surface area (Å²) in [5.41, 5.74) is -1.73. The Labute approximate surface area is 110 Å². The first-order chi connectivity index (χ1) is 8.86. The molecule has 0 saturated carbocycles. The van der Waals surface area contributed by atoms with Gasteiger partial charge in [-0.2, -0.15) is 13.2 Å². The molecule has 2 heterocycles. The SMILES string of the molecule is CCOC(=O)c1nc2c(C(F)(F)F)cccn2c1Cl. The number of nitrogens with zero attached hydrogens (tertiary/aromatic N) is 2. The van der Waals surface area contributed by atoms with Crippen LogP contribution in [0.3, 0.4) is 0 Å². The summed E-state index contributed by atoms with van der Waals surface area (Å²) in [6.45, 7) is 1.65. The number of aromatic nitrogens is 2. The van der Waals surface area contributed by atoms with Gasteiger partial charge in [0.25, 0.3) is 0 Å². The predicted molar refractivity (Wildman–Crippen MR) is 61.2 cm³/mol. The Balaban J connectivity index is 2.66. The standard InChI is InChI=1S/C11H8ClF3N2O2/c1-2-19-10(18)7-8(12)17-5-3-4-6(9(17)16-7)11(13,14)15/h3-5H,2H2,1H3. The molecule has 0 aromatic carbocycles. The van der Waals surface area contributed by atoms with E-state index in [4.69, 9.17) is 11.6 Å². The summed E-state index contributed by atoms with van der Waals surface area (Å²) < 4.78 is 44.1. The highest BCUT2D eigenvalue weighted by atomic mass is 35.5. The minimum absolute atomic E-state index is 0.0785. The molecule has 0 aliphatic carbocycles. The molecule has 0 atom stereocenters. The fraction of sp³-hybridized carbons (Fsp3) is 0.273. The van der Waals surface area contributed by atoms with Crippen LogP contribution in [0.5, 0.6) is 0 Å². The van der Waals surface area contributed by atoms with Gasteiger partial charge < -0.3 is 4.74 Å². The van der Waals surface area contributed by atoms with Crippen LogP contribution in [0.2, 0.25) is 5.15 Å². The van der Waals surface area contributed by atoms with Crippen molar-refractivity contribution >= 4 is 23.2 Å². The van der Waals surface area contributed by atoms with Crippen LogP contribution in [0.25, 0.3) is 5.65 Å². The van der Waals surface area contributed by atoms with E-state index in [1.807, 2.05) is 0 Å². The summed E-state index contributed by atoms with van der Waals surface area (Å²) in [6.07, 6.45) is -3.29. The number of alkyl halides is 3. The molecule has 0 amide bonds. The second kappa shape index (κ2) is 4.73. The number of ether oxygens (including phenoxy) is 1. The lowest BCUT2D eigenvalue weighted by atomic mass is 10.2. The van der Waals surface area contributed by atoms with Crippen molar-refractivity contribution in [3.05, 3.63) is 34.7 Å². The van der Waals surface area contributed by atoms with Crippen molar-refractivity contribution in [3.8, 4) is 0 Å². The molecule has 0 aliphatic heterocycles. The third-order valence-electron chi connectivity index (χ3n) is 2.37. The maximum absolute atomic E-state index is 12.8. The fourth-order valence-electron chi connectivity index (χ4n) is 1.59. The Kier molecular flexibility index (Phi) is 3.40. The number of esters is 1. The summed E-state index contributed by atoms with van der Waals surface area (Å²) in [5.74, 6) is -0.857. The highest BCUT2D eigenvalue weighted by Crippen LogP contribution is 2.33. The highest BCUT2D eigenvalue weighted by molar-refractivity contribution is 6.32. The molecule has 2 aromatic heterocycles. The molecular formula is C11H8ClF3N2O2. The first-order valence-electron chi connectivity index (χ1n) is 5.27. The van der Waals surface area contributed by atoms with E-state index >= 15 is 0 Å². The zero-order valence-electron chi connectivity index (χ0n) is 9.66. The number of halogens is 4. The fourth-order valence-corrected chi connectivity index (χ4v) is 1.85. The van der Waals surface area contributed by atoms with E-state index < -0.39 is 23.4 Å². The van der Waals surface area contributed by atoms with Crippen LogP contribution in [0.4, 0.5) is 13.2 Å². The van der Waals surface area contributed by atoms with Crippen LogP contribution in [-0.2, 0) is 10.9 Å². The molecule has 0 bridgehead atoms. The maximum atomic E-state index is 12.8. The molecule has 0 unspecified atom stereocenters. The van der Waals surface area contributed by atoms with Crippen molar-refractivity contribution < 1.29 is 22.7 Å². The minimum atomic E-state index is -4.58. The molecule has 0 spiro atoms. The lowest BCUT2D eigenvalue weighted by molar-refractivity contribution is -0.136. The average Bonchev–Trinajstić information content (AvgIpc) is 2.66. The number of hydrogen-bond acceptors (Lipinski definition) is 3. The second-order valence-corrected chi connectivity index (χ2v) is 3.94. The predicted octanol–water partition coefficient (Wildman–Crippen LogP) is 3.18. The van der Waals surface area contributed by atoms with Crippen molar-refractivity contribution in [3.63, 3.8) is 0 Å². The topological polar surface area (TPSA) is 43.6 Å². The Hall–Kier alpha value is -1.76. The van der Waals surface area contributed by atoms with Crippen molar-refractivity contribution in [2.75, 3.05) is 6.61 Å². The van der Waals surface area contributed by atoms with Gasteiger partial charge in [0.1, 0.15) is 5.15 Å². The van der Waals surface area contributed by atoms with Crippen LogP contribution in [-0.4, -0.2) is 22.0 Å². The van der Waals surface area contributed by atoms with Crippen molar-refractivity contribution in [2.24, 2.45) is 0 Å². The minimum Gasteiger partial charge on any atom is -0.461 e.